The summed E-state index contributed by atoms with van der Waals surface area (Å²) in [6.45, 7) is 2.54. The molecule has 1 amide bonds. The van der Waals surface area contributed by atoms with Gasteiger partial charge in [-0.05, 0) is 25.7 Å². The molecule has 1 heterocycles. The van der Waals surface area contributed by atoms with Gasteiger partial charge in [0.2, 0.25) is 5.91 Å². The van der Waals surface area contributed by atoms with Gasteiger partial charge in [0.25, 0.3) is 0 Å². The van der Waals surface area contributed by atoms with Crippen LogP contribution in [0, 0.1) is 23.7 Å². The van der Waals surface area contributed by atoms with Gasteiger partial charge >= 0.3 is 5.97 Å². The standard InChI is InChI=1S/C11H15NO3/c1-2-12-10(13)8-5-3-6-7(4-5)15-11(14)9(6)8/h5-9H,2-4H2,1H3,(H,12,13)/t5-,6-,7+,8-,9-/m0/s1. The lowest BCUT2D eigenvalue weighted by Crippen LogP contribution is -2.39. The minimum Gasteiger partial charge on any atom is -0.462 e. The monoisotopic (exact) mass is 209 g/mol. The summed E-state index contributed by atoms with van der Waals surface area (Å²) in [6.07, 6.45) is 2.02. The van der Waals surface area contributed by atoms with Crippen molar-refractivity contribution in [2.75, 3.05) is 6.54 Å². The van der Waals surface area contributed by atoms with Crippen LogP contribution >= 0.6 is 0 Å². The molecule has 1 aliphatic heterocycles. The van der Waals surface area contributed by atoms with Crippen LogP contribution in [0.3, 0.4) is 0 Å². The molecule has 82 valence electrons. The first-order valence-corrected chi connectivity index (χ1v) is 5.70. The predicted octanol–water partition coefficient (Wildman–Crippen LogP) is 0.320. The molecular formula is C11H15NO3. The molecule has 2 bridgehead atoms. The number of rotatable bonds is 2. The fourth-order valence-corrected chi connectivity index (χ4v) is 3.66. The fourth-order valence-electron chi connectivity index (χ4n) is 3.66. The van der Waals surface area contributed by atoms with Gasteiger partial charge in [0.15, 0.2) is 0 Å². The largest absolute Gasteiger partial charge is 0.462 e. The molecule has 2 saturated carbocycles. The molecule has 0 aromatic heterocycles. The van der Waals surface area contributed by atoms with E-state index < -0.39 is 0 Å². The summed E-state index contributed by atoms with van der Waals surface area (Å²) >= 11 is 0. The molecule has 0 unspecified atom stereocenters. The Morgan fingerprint density at radius 1 is 1.53 bits per heavy atom. The second kappa shape index (κ2) is 2.97. The van der Waals surface area contributed by atoms with Crippen molar-refractivity contribution in [1.82, 2.24) is 5.32 Å². The minimum atomic E-state index is -0.139. The Morgan fingerprint density at radius 3 is 3.07 bits per heavy atom. The second-order valence-electron chi connectivity index (χ2n) is 4.82. The third-order valence-corrected chi connectivity index (χ3v) is 4.14. The molecule has 3 rings (SSSR count). The number of fused-ring (bicyclic) bond motifs is 1. The van der Waals surface area contributed by atoms with Crippen molar-refractivity contribution in [3.63, 3.8) is 0 Å². The van der Waals surface area contributed by atoms with Crippen LogP contribution in [0.25, 0.3) is 0 Å². The fraction of sp³-hybridized carbons (Fsp3) is 0.818. The van der Waals surface area contributed by atoms with Gasteiger partial charge in [0.05, 0.1) is 11.8 Å². The van der Waals surface area contributed by atoms with Gasteiger partial charge in [-0.3, -0.25) is 9.59 Å². The third kappa shape index (κ3) is 1.08. The maximum atomic E-state index is 11.8. The Bertz CT molecular complexity index is 326. The Kier molecular flexibility index (Phi) is 1.82. The summed E-state index contributed by atoms with van der Waals surface area (Å²) in [5.74, 6) is 0.369. The highest BCUT2D eigenvalue weighted by molar-refractivity contribution is 5.88. The highest BCUT2D eigenvalue weighted by Crippen LogP contribution is 2.57. The Labute approximate surface area is 88.4 Å². The van der Waals surface area contributed by atoms with E-state index in [9.17, 15) is 9.59 Å². The first-order chi connectivity index (χ1) is 7.22. The highest BCUT2D eigenvalue weighted by atomic mass is 16.6. The van der Waals surface area contributed by atoms with Crippen molar-refractivity contribution in [2.45, 2.75) is 25.9 Å². The molecule has 0 radical (unpaired) electrons. The molecule has 0 aromatic carbocycles. The first-order valence-electron chi connectivity index (χ1n) is 5.70. The summed E-state index contributed by atoms with van der Waals surface area (Å²) in [4.78, 5) is 23.5. The van der Waals surface area contributed by atoms with E-state index in [4.69, 9.17) is 4.74 Å². The molecule has 3 aliphatic rings. The SMILES string of the molecule is CCNC(=O)[C@H]1[C@H]2C[C@@H]3[C@@H]1C(=O)O[C@@H]3C2. The van der Waals surface area contributed by atoms with E-state index in [1.54, 1.807) is 0 Å². The lowest BCUT2D eigenvalue weighted by atomic mass is 9.79. The van der Waals surface area contributed by atoms with E-state index in [1.807, 2.05) is 6.92 Å². The molecule has 4 nitrogen and oxygen atoms in total. The number of carbonyl (C=O) groups is 2. The van der Waals surface area contributed by atoms with E-state index in [0.29, 0.717) is 18.4 Å². The number of esters is 1. The molecule has 3 fully saturated rings. The number of carbonyl (C=O) groups excluding carboxylic acids is 2. The Morgan fingerprint density at radius 2 is 2.33 bits per heavy atom. The van der Waals surface area contributed by atoms with Crippen LogP contribution < -0.4 is 5.32 Å². The molecule has 2 aliphatic carbocycles. The van der Waals surface area contributed by atoms with Crippen LogP contribution in [0.5, 0.6) is 0 Å². The summed E-state index contributed by atoms with van der Waals surface area (Å²) in [5.41, 5.74) is 0. The molecule has 5 atom stereocenters. The van der Waals surface area contributed by atoms with Crippen molar-refractivity contribution in [3.05, 3.63) is 0 Å². The summed E-state index contributed by atoms with van der Waals surface area (Å²) in [5, 5.41) is 2.83. The van der Waals surface area contributed by atoms with E-state index in [0.717, 1.165) is 12.8 Å². The molecule has 1 N–H and O–H groups in total. The van der Waals surface area contributed by atoms with E-state index >= 15 is 0 Å². The number of hydrogen-bond donors (Lipinski definition) is 1. The molecule has 0 aromatic rings. The molecular weight excluding hydrogens is 194 g/mol. The lowest BCUT2D eigenvalue weighted by Gasteiger charge is -2.23. The molecule has 15 heavy (non-hydrogen) atoms. The average Bonchev–Trinajstić information content (AvgIpc) is 2.76. The van der Waals surface area contributed by atoms with Crippen LogP contribution in [0.15, 0.2) is 0 Å². The van der Waals surface area contributed by atoms with Crippen molar-refractivity contribution in [3.8, 4) is 0 Å². The van der Waals surface area contributed by atoms with Crippen molar-refractivity contribution < 1.29 is 14.3 Å². The van der Waals surface area contributed by atoms with E-state index in [1.165, 1.54) is 0 Å². The number of hydrogen-bond acceptors (Lipinski definition) is 3. The normalized spacial score (nSPS) is 45.7. The number of ether oxygens (including phenoxy) is 1. The Hall–Kier alpha value is -1.06. The third-order valence-electron chi connectivity index (χ3n) is 4.14. The van der Waals surface area contributed by atoms with Gasteiger partial charge in [0.1, 0.15) is 6.10 Å². The van der Waals surface area contributed by atoms with Gasteiger partial charge in [-0.2, -0.15) is 0 Å². The first kappa shape index (κ1) is 9.19. The summed E-state index contributed by atoms with van der Waals surface area (Å²) in [6, 6.07) is 0. The van der Waals surface area contributed by atoms with Gasteiger partial charge in [-0.15, -0.1) is 0 Å². The quantitative estimate of drug-likeness (QED) is 0.666. The van der Waals surface area contributed by atoms with Crippen molar-refractivity contribution in [1.29, 1.82) is 0 Å². The minimum absolute atomic E-state index is 0.0484. The van der Waals surface area contributed by atoms with Gasteiger partial charge in [-0.25, -0.2) is 0 Å². The zero-order valence-corrected chi connectivity index (χ0v) is 8.73. The second-order valence-corrected chi connectivity index (χ2v) is 4.82. The predicted molar refractivity (Wildman–Crippen MR) is 51.8 cm³/mol. The molecule has 4 heteroatoms. The smallest absolute Gasteiger partial charge is 0.310 e. The van der Waals surface area contributed by atoms with Crippen LogP contribution in [-0.2, 0) is 14.3 Å². The highest BCUT2D eigenvalue weighted by Gasteiger charge is 2.63. The van der Waals surface area contributed by atoms with Crippen LogP contribution in [0.4, 0.5) is 0 Å². The van der Waals surface area contributed by atoms with Gasteiger partial charge < -0.3 is 10.1 Å². The summed E-state index contributed by atoms with van der Waals surface area (Å²) in [7, 11) is 0. The van der Waals surface area contributed by atoms with Crippen LogP contribution in [0.1, 0.15) is 19.8 Å². The maximum Gasteiger partial charge on any atom is 0.310 e. The molecule has 1 saturated heterocycles. The zero-order chi connectivity index (χ0) is 10.6. The van der Waals surface area contributed by atoms with Crippen molar-refractivity contribution >= 4 is 11.9 Å². The van der Waals surface area contributed by atoms with Gasteiger partial charge in [0, 0.05) is 12.5 Å². The van der Waals surface area contributed by atoms with E-state index in [-0.39, 0.29) is 29.8 Å². The lowest BCUT2D eigenvalue weighted by molar-refractivity contribution is -0.145. The average molecular weight is 209 g/mol. The number of amides is 1. The molecule has 0 spiro atoms. The van der Waals surface area contributed by atoms with Crippen LogP contribution in [0.2, 0.25) is 0 Å². The van der Waals surface area contributed by atoms with E-state index in [2.05, 4.69) is 5.32 Å². The van der Waals surface area contributed by atoms with Gasteiger partial charge in [-0.1, -0.05) is 0 Å². The Balaban J connectivity index is 1.86. The summed E-state index contributed by atoms with van der Waals surface area (Å²) < 4.78 is 5.28. The number of nitrogens with one attached hydrogen (secondary N) is 1. The van der Waals surface area contributed by atoms with Crippen molar-refractivity contribution in [2.24, 2.45) is 23.7 Å². The van der Waals surface area contributed by atoms with Crippen LogP contribution in [-0.4, -0.2) is 24.5 Å². The topological polar surface area (TPSA) is 55.4 Å². The zero-order valence-electron chi connectivity index (χ0n) is 8.73. The maximum absolute atomic E-state index is 11.8.